The van der Waals surface area contributed by atoms with Crippen LogP contribution in [0.2, 0.25) is 0 Å². The van der Waals surface area contributed by atoms with Gasteiger partial charge in [0.2, 0.25) is 0 Å². The summed E-state index contributed by atoms with van der Waals surface area (Å²) in [6, 6.07) is 4.65. The lowest BCUT2D eigenvalue weighted by atomic mass is 9.76. The fourth-order valence-corrected chi connectivity index (χ4v) is 4.74. The summed E-state index contributed by atoms with van der Waals surface area (Å²) < 4.78 is 17.7. The van der Waals surface area contributed by atoms with Crippen molar-refractivity contribution in [3.63, 3.8) is 0 Å². The van der Waals surface area contributed by atoms with Gasteiger partial charge in [-0.05, 0) is 43.7 Å². The molecule has 1 aromatic carbocycles. The Bertz CT molecular complexity index is 754. The summed E-state index contributed by atoms with van der Waals surface area (Å²) in [5.41, 5.74) is 2.58. The minimum atomic E-state index is -0.167. The van der Waals surface area contributed by atoms with E-state index in [-0.39, 0.29) is 11.5 Å². The van der Waals surface area contributed by atoms with Crippen molar-refractivity contribution < 1.29 is 14.2 Å². The summed E-state index contributed by atoms with van der Waals surface area (Å²) in [6.45, 7) is 5.52. The highest BCUT2D eigenvalue weighted by Gasteiger charge is 2.48. The Labute approximate surface area is 150 Å². The van der Waals surface area contributed by atoms with Crippen LogP contribution in [0.25, 0.3) is 0 Å². The van der Waals surface area contributed by atoms with Crippen LogP contribution in [0.5, 0.6) is 11.5 Å². The topological polar surface area (TPSA) is 30.9 Å². The predicted octanol–water partition coefficient (Wildman–Crippen LogP) is 3.34. The van der Waals surface area contributed by atoms with Crippen LogP contribution in [0.15, 0.2) is 36.1 Å². The quantitative estimate of drug-likeness (QED) is 0.772. The van der Waals surface area contributed by atoms with Gasteiger partial charge in [-0.1, -0.05) is 25.1 Å². The van der Waals surface area contributed by atoms with Crippen molar-refractivity contribution in [1.29, 1.82) is 0 Å². The van der Waals surface area contributed by atoms with Crippen molar-refractivity contribution in [3.05, 3.63) is 47.2 Å². The lowest BCUT2D eigenvalue weighted by Crippen LogP contribution is -2.32. The Morgan fingerprint density at radius 2 is 2.08 bits per heavy atom. The van der Waals surface area contributed by atoms with E-state index in [0.29, 0.717) is 12.0 Å². The highest BCUT2D eigenvalue weighted by Crippen LogP contribution is 2.48. The summed E-state index contributed by atoms with van der Waals surface area (Å²) in [6.07, 6.45) is 7.62. The first kappa shape index (κ1) is 16.7. The third-order valence-electron chi connectivity index (χ3n) is 6.21. The van der Waals surface area contributed by atoms with Crippen LogP contribution >= 0.6 is 0 Å². The molecule has 134 valence electrons. The molecule has 1 saturated heterocycles. The highest BCUT2D eigenvalue weighted by atomic mass is 16.5. The molecule has 0 amide bonds. The van der Waals surface area contributed by atoms with Gasteiger partial charge in [0.1, 0.15) is 11.9 Å². The van der Waals surface area contributed by atoms with Crippen molar-refractivity contribution in [3.8, 4) is 11.5 Å². The average molecular weight is 341 g/mol. The van der Waals surface area contributed by atoms with Gasteiger partial charge in [-0.2, -0.15) is 0 Å². The van der Waals surface area contributed by atoms with Crippen LogP contribution in [-0.4, -0.2) is 44.9 Å². The van der Waals surface area contributed by atoms with Gasteiger partial charge >= 0.3 is 0 Å². The van der Waals surface area contributed by atoms with Crippen molar-refractivity contribution in [1.82, 2.24) is 4.90 Å². The molecule has 3 aliphatic rings. The molecular formula is C21H27NO3. The fourth-order valence-electron chi connectivity index (χ4n) is 4.74. The Kier molecular flexibility index (Phi) is 3.93. The average Bonchev–Trinajstić information content (AvgIpc) is 2.74. The third-order valence-corrected chi connectivity index (χ3v) is 6.21. The molecule has 0 aromatic heterocycles. The normalized spacial score (nSPS) is 33.6. The van der Waals surface area contributed by atoms with E-state index in [4.69, 9.17) is 14.2 Å². The molecule has 4 heteroatoms. The first-order valence-electron chi connectivity index (χ1n) is 8.95. The van der Waals surface area contributed by atoms with Crippen LogP contribution < -0.4 is 9.47 Å². The number of nitrogens with zero attached hydrogens (tertiary/aromatic N) is 1. The molecule has 0 saturated carbocycles. The lowest BCUT2D eigenvalue weighted by molar-refractivity contribution is 0.131. The van der Waals surface area contributed by atoms with Gasteiger partial charge in [0.25, 0.3) is 0 Å². The Morgan fingerprint density at radius 1 is 1.28 bits per heavy atom. The van der Waals surface area contributed by atoms with E-state index in [1.807, 2.05) is 6.07 Å². The largest absolute Gasteiger partial charge is 0.493 e. The number of fused-ring (bicyclic) bond motifs is 2. The second-order valence-corrected chi connectivity index (χ2v) is 7.79. The number of rotatable bonds is 2. The van der Waals surface area contributed by atoms with Crippen molar-refractivity contribution in [2.75, 3.05) is 27.8 Å². The van der Waals surface area contributed by atoms with Crippen molar-refractivity contribution >= 4 is 0 Å². The van der Waals surface area contributed by atoms with Crippen LogP contribution in [-0.2, 0) is 11.2 Å². The van der Waals surface area contributed by atoms with Crippen LogP contribution in [0, 0.1) is 18.3 Å². The van der Waals surface area contributed by atoms with Crippen LogP contribution in [0.4, 0.5) is 0 Å². The summed E-state index contributed by atoms with van der Waals surface area (Å²) in [4.78, 5) is 2.49. The van der Waals surface area contributed by atoms with Gasteiger partial charge in [-0.15, -0.1) is 0 Å². The molecule has 1 aromatic rings. The number of likely N-dealkylation sites (N-methyl/N-ethyl adjacent to an activating group) is 1. The van der Waals surface area contributed by atoms with E-state index in [1.54, 1.807) is 14.2 Å². The van der Waals surface area contributed by atoms with E-state index in [1.165, 1.54) is 5.56 Å². The zero-order valence-electron chi connectivity index (χ0n) is 15.7. The third kappa shape index (κ3) is 2.51. The summed E-state index contributed by atoms with van der Waals surface area (Å²) in [5, 5.41) is 0. The van der Waals surface area contributed by atoms with Gasteiger partial charge in [-0.3, -0.25) is 0 Å². The number of likely N-dealkylation sites (tertiary alicyclic amines) is 1. The first-order chi connectivity index (χ1) is 12.0. The fraction of sp³-hybridized carbons (Fsp3) is 0.524. The molecule has 4 bridgehead atoms. The molecule has 4 atom stereocenters. The van der Waals surface area contributed by atoms with E-state index >= 15 is 0 Å². The smallest absolute Gasteiger partial charge is 0.172 e. The monoisotopic (exact) mass is 341 g/mol. The minimum Gasteiger partial charge on any atom is -0.493 e. The van der Waals surface area contributed by atoms with Crippen molar-refractivity contribution in [2.45, 2.75) is 32.4 Å². The number of methoxy groups -OCH3 is 2. The van der Waals surface area contributed by atoms with Gasteiger partial charge in [0.05, 0.1) is 7.11 Å². The molecule has 2 aliphatic heterocycles. The van der Waals surface area contributed by atoms with E-state index in [0.717, 1.165) is 35.8 Å². The molecule has 25 heavy (non-hydrogen) atoms. The molecule has 4 rings (SSSR count). The Balaban J connectivity index is 1.92. The van der Waals surface area contributed by atoms with Gasteiger partial charge in [0.15, 0.2) is 11.5 Å². The molecule has 0 spiro atoms. The maximum Gasteiger partial charge on any atom is 0.172 e. The number of hydrogen-bond donors (Lipinski definition) is 0. The highest BCUT2D eigenvalue weighted by molar-refractivity contribution is 5.52. The maximum atomic E-state index is 6.43. The molecule has 3 unspecified atom stereocenters. The summed E-state index contributed by atoms with van der Waals surface area (Å²) in [7, 11) is 5.66. The standard InChI is InChI=1S/C21H27NO3/c1-13-14-6-7-18(24-5)20(13)25-19-11-15-16(10-14)22(3)12-21(15,2)9-8-17(19)23-4/h6-9,11,15-17H,10,12H2,1-5H3/t15?,16-,17?,21?/m1/s1. The minimum absolute atomic E-state index is 0.0936. The SMILES string of the molecule is COc1ccc2c(C)c1OC1=CC3[C@@H](C2)N(C)CC3(C)C=CC1OC. The Morgan fingerprint density at radius 3 is 2.80 bits per heavy atom. The van der Waals surface area contributed by atoms with Crippen molar-refractivity contribution in [2.24, 2.45) is 11.3 Å². The zero-order valence-corrected chi connectivity index (χ0v) is 15.7. The summed E-state index contributed by atoms with van der Waals surface area (Å²) in [5.74, 6) is 2.85. The zero-order chi connectivity index (χ0) is 17.8. The van der Waals surface area contributed by atoms with Gasteiger partial charge in [-0.25, -0.2) is 0 Å². The molecule has 0 radical (unpaired) electrons. The van der Waals surface area contributed by atoms with Crippen LogP contribution in [0.3, 0.4) is 0 Å². The van der Waals surface area contributed by atoms with E-state index in [9.17, 15) is 0 Å². The molecule has 2 heterocycles. The maximum absolute atomic E-state index is 6.43. The second-order valence-electron chi connectivity index (χ2n) is 7.79. The Hall–Kier alpha value is -1.78. The number of benzene rings is 1. The number of hydrogen-bond acceptors (Lipinski definition) is 4. The molecule has 0 N–H and O–H groups in total. The molecule has 4 nitrogen and oxygen atoms in total. The molecular weight excluding hydrogens is 314 g/mol. The van der Waals surface area contributed by atoms with E-state index < -0.39 is 0 Å². The number of ether oxygens (including phenoxy) is 3. The molecule has 1 aliphatic carbocycles. The molecule has 1 fully saturated rings. The van der Waals surface area contributed by atoms with Crippen LogP contribution in [0.1, 0.15) is 18.1 Å². The second kappa shape index (κ2) is 5.89. The predicted molar refractivity (Wildman–Crippen MR) is 98.1 cm³/mol. The van der Waals surface area contributed by atoms with E-state index in [2.05, 4.69) is 50.1 Å². The van der Waals surface area contributed by atoms with Gasteiger partial charge < -0.3 is 19.1 Å². The first-order valence-corrected chi connectivity index (χ1v) is 8.95. The lowest BCUT2D eigenvalue weighted by Gasteiger charge is -2.27. The van der Waals surface area contributed by atoms with Gasteiger partial charge in [0, 0.05) is 31.0 Å². The summed E-state index contributed by atoms with van der Waals surface area (Å²) >= 11 is 0.